The van der Waals surface area contributed by atoms with E-state index < -0.39 is 10.0 Å². The van der Waals surface area contributed by atoms with Crippen LogP contribution in [0.2, 0.25) is 0 Å². The van der Waals surface area contributed by atoms with Crippen LogP contribution in [0, 0.1) is 20.8 Å². The van der Waals surface area contributed by atoms with Crippen molar-refractivity contribution in [2.45, 2.75) is 70.6 Å². The number of sulfonamides is 1. The van der Waals surface area contributed by atoms with Gasteiger partial charge in [0.1, 0.15) is 0 Å². The maximum Gasteiger partial charge on any atom is 0.243 e. The zero-order chi connectivity index (χ0) is 20.0. The highest BCUT2D eigenvalue weighted by molar-refractivity contribution is 7.89. The summed E-state index contributed by atoms with van der Waals surface area (Å²) in [5, 5.41) is 3.84. The number of aryl methyl sites for hydroxylation is 3. The summed E-state index contributed by atoms with van der Waals surface area (Å²) in [6, 6.07) is 4.01. The molecule has 7 heteroatoms. The van der Waals surface area contributed by atoms with Gasteiger partial charge in [0.25, 0.3) is 0 Å². The highest BCUT2D eigenvalue weighted by Gasteiger charge is 2.35. The van der Waals surface area contributed by atoms with Gasteiger partial charge in [0, 0.05) is 13.1 Å². The molecule has 0 amide bonds. The number of rotatable bonds is 3. The number of aromatic nitrogens is 2. The van der Waals surface area contributed by atoms with E-state index in [-0.39, 0.29) is 11.3 Å². The van der Waals surface area contributed by atoms with Gasteiger partial charge in [-0.3, -0.25) is 0 Å². The monoisotopic (exact) mass is 391 g/mol. The van der Waals surface area contributed by atoms with E-state index in [2.05, 4.69) is 30.9 Å². The molecule has 6 nitrogen and oxygen atoms in total. The lowest BCUT2D eigenvalue weighted by molar-refractivity contribution is 0.265. The molecule has 1 aliphatic rings. The number of nitrogens with zero attached hydrogens (tertiary/aromatic N) is 3. The Morgan fingerprint density at radius 1 is 1.15 bits per heavy atom. The van der Waals surface area contributed by atoms with Crippen molar-refractivity contribution in [3.8, 4) is 0 Å². The van der Waals surface area contributed by atoms with Crippen molar-refractivity contribution in [2.24, 2.45) is 0 Å². The van der Waals surface area contributed by atoms with Gasteiger partial charge < -0.3 is 4.52 Å². The molecular formula is C20H29N3O3S. The quantitative estimate of drug-likeness (QED) is 0.794. The SMILES string of the molecule is Cc1noc(C2CCCN(S(=O)(=O)c3c(C)cc(C(C)(C)C)cc3C)C2)n1. The largest absolute Gasteiger partial charge is 0.339 e. The minimum atomic E-state index is -3.58. The maximum atomic E-state index is 13.4. The van der Waals surface area contributed by atoms with Crippen LogP contribution in [0.4, 0.5) is 0 Å². The van der Waals surface area contributed by atoms with Crippen LogP contribution in [0.3, 0.4) is 0 Å². The summed E-state index contributed by atoms with van der Waals surface area (Å²) in [4.78, 5) is 4.73. The molecule has 1 aromatic heterocycles. The molecule has 1 saturated heterocycles. The van der Waals surface area contributed by atoms with Gasteiger partial charge in [0.05, 0.1) is 10.8 Å². The topological polar surface area (TPSA) is 76.3 Å². The van der Waals surface area contributed by atoms with E-state index in [0.717, 1.165) is 29.5 Å². The number of piperidine rings is 1. The summed E-state index contributed by atoms with van der Waals surface area (Å²) < 4.78 is 33.7. The van der Waals surface area contributed by atoms with E-state index in [0.29, 0.717) is 29.7 Å². The molecule has 0 spiro atoms. The Labute approximate surface area is 162 Å². The summed E-state index contributed by atoms with van der Waals surface area (Å²) in [5.74, 6) is 1.06. The van der Waals surface area contributed by atoms with Crippen molar-refractivity contribution in [1.29, 1.82) is 0 Å². The van der Waals surface area contributed by atoms with Gasteiger partial charge in [-0.2, -0.15) is 9.29 Å². The van der Waals surface area contributed by atoms with Gasteiger partial charge in [0.15, 0.2) is 5.82 Å². The van der Waals surface area contributed by atoms with Crippen molar-refractivity contribution < 1.29 is 12.9 Å². The van der Waals surface area contributed by atoms with Gasteiger partial charge in [0.2, 0.25) is 15.9 Å². The van der Waals surface area contributed by atoms with E-state index in [4.69, 9.17) is 4.52 Å². The molecule has 148 valence electrons. The Kier molecular flexibility index (Phi) is 5.20. The summed E-state index contributed by atoms with van der Waals surface area (Å²) >= 11 is 0. The Bertz CT molecular complexity index is 919. The molecule has 0 saturated carbocycles. The van der Waals surface area contributed by atoms with Gasteiger partial charge in [-0.25, -0.2) is 8.42 Å². The van der Waals surface area contributed by atoms with Crippen molar-refractivity contribution in [3.63, 3.8) is 0 Å². The number of benzene rings is 1. The lowest BCUT2D eigenvalue weighted by Gasteiger charge is -2.31. The zero-order valence-corrected chi connectivity index (χ0v) is 17.9. The molecule has 2 heterocycles. The third-order valence-electron chi connectivity index (χ3n) is 5.20. The van der Waals surface area contributed by atoms with Gasteiger partial charge in [-0.1, -0.05) is 38.1 Å². The first-order chi connectivity index (χ1) is 12.5. The molecule has 3 rings (SSSR count). The van der Waals surface area contributed by atoms with Crippen LogP contribution in [0.25, 0.3) is 0 Å². The van der Waals surface area contributed by atoms with E-state index in [1.54, 1.807) is 11.2 Å². The molecule has 2 aromatic rings. The average molecular weight is 392 g/mol. The second kappa shape index (κ2) is 7.02. The lowest BCUT2D eigenvalue weighted by Crippen LogP contribution is -2.39. The zero-order valence-electron chi connectivity index (χ0n) is 17.0. The second-order valence-corrected chi connectivity index (χ2v) is 10.4. The summed E-state index contributed by atoms with van der Waals surface area (Å²) in [5.41, 5.74) is 2.73. The number of hydrogen-bond donors (Lipinski definition) is 0. The highest BCUT2D eigenvalue weighted by Crippen LogP contribution is 2.34. The van der Waals surface area contributed by atoms with Gasteiger partial charge in [-0.05, 0) is 55.7 Å². The Hall–Kier alpha value is -1.73. The highest BCUT2D eigenvalue weighted by atomic mass is 32.2. The fraction of sp³-hybridized carbons (Fsp3) is 0.600. The summed E-state index contributed by atoms with van der Waals surface area (Å²) in [6.45, 7) is 12.9. The fourth-order valence-electron chi connectivity index (χ4n) is 3.76. The first-order valence-electron chi connectivity index (χ1n) is 9.42. The smallest absolute Gasteiger partial charge is 0.243 e. The van der Waals surface area contributed by atoms with Gasteiger partial charge in [-0.15, -0.1) is 0 Å². The average Bonchev–Trinajstić information content (AvgIpc) is 3.00. The van der Waals surface area contributed by atoms with Crippen LogP contribution >= 0.6 is 0 Å². The van der Waals surface area contributed by atoms with E-state index in [1.807, 2.05) is 26.0 Å². The lowest BCUT2D eigenvalue weighted by atomic mass is 9.85. The molecule has 1 fully saturated rings. The molecule has 0 N–H and O–H groups in total. The standard InChI is InChI=1S/C20H29N3O3S/c1-13-10-17(20(4,5)6)11-14(2)18(13)27(24,25)23-9-7-8-16(12-23)19-21-15(3)22-26-19/h10-11,16H,7-9,12H2,1-6H3. The van der Waals surface area contributed by atoms with Crippen molar-refractivity contribution >= 4 is 10.0 Å². The summed E-state index contributed by atoms with van der Waals surface area (Å²) in [7, 11) is -3.58. The fourth-order valence-corrected chi connectivity index (χ4v) is 5.70. The Balaban J connectivity index is 1.94. The number of hydrogen-bond acceptors (Lipinski definition) is 5. The van der Waals surface area contributed by atoms with Gasteiger partial charge >= 0.3 is 0 Å². The predicted molar refractivity (Wildman–Crippen MR) is 104 cm³/mol. The van der Waals surface area contributed by atoms with Crippen LogP contribution in [0.5, 0.6) is 0 Å². The minimum Gasteiger partial charge on any atom is -0.339 e. The molecular weight excluding hydrogens is 362 g/mol. The van der Waals surface area contributed by atoms with E-state index in [1.165, 1.54) is 0 Å². The maximum absolute atomic E-state index is 13.4. The minimum absolute atomic E-state index is 0.0240. The normalized spacial score (nSPS) is 19.4. The van der Waals surface area contributed by atoms with E-state index >= 15 is 0 Å². The molecule has 1 atom stereocenters. The third kappa shape index (κ3) is 3.94. The molecule has 1 aromatic carbocycles. The molecule has 0 bridgehead atoms. The Morgan fingerprint density at radius 3 is 2.30 bits per heavy atom. The molecule has 0 aliphatic carbocycles. The third-order valence-corrected chi connectivity index (χ3v) is 7.37. The molecule has 1 unspecified atom stereocenters. The van der Waals surface area contributed by atoms with Crippen molar-refractivity contribution in [3.05, 3.63) is 40.5 Å². The van der Waals surface area contributed by atoms with Crippen LogP contribution in [-0.4, -0.2) is 36.0 Å². The molecule has 27 heavy (non-hydrogen) atoms. The van der Waals surface area contributed by atoms with Crippen LogP contribution in [0.15, 0.2) is 21.6 Å². The predicted octanol–water partition coefficient (Wildman–Crippen LogP) is 3.86. The summed E-state index contributed by atoms with van der Waals surface area (Å²) in [6.07, 6.45) is 1.64. The van der Waals surface area contributed by atoms with Crippen molar-refractivity contribution in [2.75, 3.05) is 13.1 Å². The van der Waals surface area contributed by atoms with E-state index in [9.17, 15) is 8.42 Å². The van der Waals surface area contributed by atoms with Crippen LogP contribution in [-0.2, 0) is 15.4 Å². The molecule has 1 aliphatic heterocycles. The van der Waals surface area contributed by atoms with Crippen molar-refractivity contribution in [1.82, 2.24) is 14.4 Å². The molecule has 0 radical (unpaired) electrons. The van der Waals surface area contributed by atoms with Crippen LogP contribution in [0.1, 0.15) is 67.9 Å². The Morgan fingerprint density at radius 2 is 1.78 bits per heavy atom. The van der Waals surface area contributed by atoms with Crippen LogP contribution < -0.4 is 0 Å². The first kappa shape index (κ1) is 20.0. The first-order valence-corrected chi connectivity index (χ1v) is 10.9. The second-order valence-electron chi connectivity index (χ2n) is 8.57.